The number of nitrogens with zero attached hydrogens (tertiary/aromatic N) is 3. The van der Waals surface area contributed by atoms with Gasteiger partial charge in [-0.2, -0.15) is 4.98 Å². The van der Waals surface area contributed by atoms with Gasteiger partial charge in [0.05, 0.1) is 13.2 Å². The van der Waals surface area contributed by atoms with Crippen LogP contribution in [-0.4, -0.2) is 42.1 Å². The van der Waals surface area contributed by atoms with Crippen LogP contribution in [0.15, 0.2) is 36.5 Å². The van der Waals surface area contributed by atoms with Crippen molar-refractivity contribution in [3.05, 3.63) is 41.6 Å². The van der Waals surface area contributed by atoms with Gasteiger partial charge in [-0.05, 0) is 30.3 Å². The lowest BCUT2D eigenvalue weighted by atomic mass is 10.0. The molecule has 6 nitrogen and oxygen atoms in total. The average molecular weight is 347 g/mol. The molecule has 1 aromatic carbocycles. The van der Waals surface area contributed by atoms with Crippen LogP contribution in [0.5, 0.6) is 0 Å². The van der Waals surface area contributed by atoms with Gasteiger partial charge in [0.1, 0.15) is 5.82 Å². The lowest BCUT2D eigenvalue weighted by molar-refractivity contribution is -0.169. The van der Waals surface area contributed by atoms with Gasteiger partial charge < -0.3 is 19.7 Å². The van der Waals surface area contributed by atoms with Crippen LogP contribution in [0.2, 0.25) is 5.02 Å². The van der Waals surface area contributed by atoms with E-state index in [1.807, 2.05) is 30.3 Å². The molecule has 126 valence electrons. The first-order chi connectivity index (χ1) is 11.7. The van der Waals surface area contributed by atoms with E-state index < -0.39 is 0 Å². The van der Waals surface area contributed by atoms with E-state index in [0.717, 1.165) is 37.4 Å². The maximum absolute atomic E-state index is 5.91. The highest BCUT2D eigenvalue weighted by Crippen LogP contribution is 2.32. The minimum Gasteiger partial charge on any atom is -0.356 e. The van der Waals surface area contributed by atoms with Crippen LogP contribution in [-0.2, 0) is 9.47 Å². The summed E-state index contributed by atoms with van der Waals surface area (Å²) >= 11 is 5.91. The number of piperidine rings is 1. The Bertz CT molecular complexity index is 694. The zero-order valence-corrected chi connectivity index (χ0v) is 14.0. The SMILES string of the molecule is Clc1ccc(Nc2nccc(N3CCC4(CC3)OCCO4)n2)cc1. The molecule has 2 aliphatic heterocycles. The maximum atomic E-state index is 5.91. The lowest BCUT2D eigenvalue weighted by Gasteiger charge is -2.38. The van der Waals surface area contributed by atoms with Crippen molar-refractivity contribution in [1.82, 2.24) is 9.97 Å². The zero-order valence-electron chi connectivity index (χ0n) is 13.2. The number of benzene rings is 1. The predicted octanol–water partition coefficient (Wildman–Crippen LogP) is 3.22. The summed E-state index contributed by atoms with van der Waals surface area (Å²) in [4.78, 5) is 11.2. The molecule has 0 radical (unpaired) electrons. The van der Waals surface area contributed by atoms with E-state index in [4.69, 9.17) is 21.1 Å². The van der Waals surface area contributed by atoms with Crippen molar-refractivity contribution in [2.24, 2.45) is 0 Å². The molecular formula is C17H19ClN4O2. The van der Waals surface area contributed by atoms with Gasteiger partial charge >= 0.3 is 0 Å². The second-order valence-electron chi connectivity index (χ2n) is 5.96. The molecule has 0 unspecified atom stereocenters. The fourth-order valence-corrected chi connectivity index (χ4v) is 3.24. The van der Waals surface area contributed by atoms with Crippen molar-refractivity contribution >= 4 is 29.1 Å². The van der Waals surface area contributed by atoms with Crippen LogP contribution in [0.4, 0.5) is 17.5 Å². The fourth-order valence-electron chi connectivity index (χ4n) is 3.11. The Kier molecular flexibility index (Phi) is 4.26. The number of hydrogen-bond donors (Lipinski definition) is 1. The topological polar surface area (TPSA) is 59.5 Å². The Hall–Kier alpha value is -1.89. The van der Waals surface area contributed by atoms with Crippen molar-refractivity contribution in [1.29, 1.82) is 0 Å². The Morgan fingerprint density at radius 3 is 2.46 bits per heavy atom. The van der Waals surface area contributed by atoms with E-state index in [2.05, 4.69) is 20.2 Å². The van der Waals surface area contributed by atoms with Gasteiger partial charge in [-0.1, -0.05) is 11.6 Å². The number of halogens is 1. The molecule has 0 amide bonds. The Balaban J connectivity index is 1.44. The molecule has 2 saturated heterocycles. The molecule has 1 aromatic heterocycles. The average Bonchev–Trinajstić information content (AvgIpc) is 3.06. The van der Waals surface area contributed by atoms with E-state index in [9.17, 15) is 0 Å². The van der Waals surface area contributed by atoms with E-state index in [1.165, 1.54) is 0 Å². The van der Waals surface area contributed by atoms with Crippen LogP contribution in [0.1, 0.15) is 12.8 Å². The first kappa shape index (κ1) is 15.6. The third-order valence-corrected chi connectivity index (χ3v) is 4.66. The third-order valence-electron chi connectivity index (χ3n) is 4.40. The van der Waals surface area contributed by atoms with Crippen LogP contribution < -0.4 is 10.2 Å². The molecule has 1 spiro atoms. The molecule has 24 heavy (non-hydrogen) atoms. The van der Waals surface area contributed by atoms with Gasteiger partial charge in [0, 0.05) is 42.8 Å². The van der Waals surface area contributed by atoms with Crippen molar-refractivity contribution in [3.63, 3.8) is 0 Å². The van der Waals surface area contributed by atoms with Gasteiger partial charge in [-0.15, -0.1) is 0 Å². The number of ether oxygens (including phenoxy) is 2. The highest BCUT2D eigenvalue weighted by atomic mass is 35.5. The second-order valence-corrected chi connectivity index (χ2v) is 6.40. The summed E-state index contributed by atoms with van der Waals surface area (Å²) < 4.78 is 11.5. The van der Waals surface area contributed by atoms with Gasteiger partial charge in [0.25, 0.3) is 0 Å². The largest absolute Gasteiger partial charge is 0.356 e. The van der Waals surface area contributed by atoms with Crippen molar-refractivity contribution in [3.8, 4) is 0 Å². The summed E-state index contributed by atoms with van der Waals surface area (Å²) in [5.74, 6) is 1.12. The fraction of sp³-hybridized carbons (Fsp3) is 0.412. The minimum atomic E-state index is -0.367. The molecule has 1 N–H and O–H groups in total. The molecule has 0 atom stereocenters. The summed E-state index contributed by atoms with van der Waals surface area (Å²) in [5, 5.41) is 3.90. The summed E-state index contributed by atoms with van der Waals surface area (Å²) in [5.41, 5.74) is 0.905. The highest BCUT2D eigenvalue weighted by molar-refractivity contribution is 6.30. The van der Waals surface area contributed by atoms with Crippen LogP contribution in [0, 0.1) is 0 Å². The smallest absolute Gasteiger partial charge is 0.229 e. The number of rotatable bonds is 3. The number of hydrogen-bond acceptors (Lipinski definition) is 6. The van der Waals surface area contributed by atoms with Gasteiger partial charge in [-0.3, -0.25) is 0 Å². The molecule has 7 heteroatoms. The first-order valence-electron chi connectivity index (χ1n) is 8.11. The quantitative estimate of drug-likeness (QED) is 0.920. The van der Waals surface area contributed by atoms with Crippen LogP contribution in [0.3, 0.4) is 0 Å². The van der Waals surface area contributed by atoms with E-state index >= 15 is 0 Å². The van der Waals surface area contributed by atoms with Crippen LogP contribution >= 0.6 is 11.6 Å². The number of aromatic nitrogens is 2. The summed E-state index contributed by atoms with van der Waals surface area (Å²) in [6.07, 6.45) is 3.49. The number of anilines is 3. The lowest BCUT2D eigenvalue weighted by Crippen LogP contribution is -2.45. The molecule has 0 bridgehead atoms. The van der Waals surface area contributed by atoms with Crippen molar-refractivity contribution < 1.29 is 9.47 Å². The second kappa shape index (κ2) is 6.55. The third kappa shape index (κ3) is 3.31. The van der Waals surface area contributed by atoms with Gasteiger partial charge in [0.2, 0.25) is 5.95 Å². The van der Waals surface area contributed by atoms with Crippen molar-refractivity contribution in [2.75, 3.05) is 36.5 Å². The summed E-state index contributed by atoms with van der Waals surface area (Å²) in [6.45, 7) is 3.11. The molecular weight excluding hydrogens is 328 g/mol. The monoisotopic (exact) mass is 346 g/mol. The Labute approximate surface area is 145 Å². The zero-order chi connectivity index (χ0) is 16.4. The van der Waals surface area contributed by atoms with E-state index in [-0.39, 0.29) is 5.79 Å². The molecule has 0 aliphatic carbocycles. The van der Waals surface area contributed by atoms with Gasteiger partial charge in [-0.25, -0.2) is 4.98 Å². The Morgan fingerprint density at radius 2 is 1.75 bits per heavy atom. The minimum absolute atomic E-state index is 0.367. The predicted molar refractivity (Wildman–Crippen MR) is 92.8 cm³/mol. The van der Waals surface area contributed by atoms with Gasteiger partial charge in [0.15, 0.2) is 5.79 Å². The molecule has 3 heterocycles. The molecule has 2 aromatic rings. The molecule has 2 aliphatic rings. The number of nitrogens with one attached hydrogen (secondary N) is 1. The van der Waals surface area contributed by atoms with Crippen LogP contribution in [0.25, 0.3) is 0 Å². The standard InChI is InChI=1S/C17H19ClN4O2/c18-13-1-3-14(4-2-13)20-16-19-8-5-15(21-16)22-9-6-17(7-10-22)23-11-12-24-17/h1-5,8H,6-7,9-12H2,(H,19,20,21). The normalized spacial score (nSPS) is 19.6. The molecule has 2 fully saturated rings. The molecule has 0 saturated carbocycles. The van der Waals surface area contributed by atoms with E-state index in [1.54, 1.807) is 6.20 Å². The Morgan fingerprint density at radius 1 is 1.04 bits per heavy atom. The molecule has 4 rings (SSSR count). The maximum Gasteiger partial charge on any atom is 0.229 e. The first-order valence-corrected chi connectivity index (χ1v) is 8.49. The highest BCUT2D eigenvalue weighted by Gasteiger charge is 2.40. The summed E-state index contributed by atoms with van der Waals surface area (Å²) in [6, 6.07) is 9.40. The van der Waals surface area contributed by atoms with E-state index in [0.29, 0.717) is 24.2 Å². The summed E-state index contributed by atoms with van der Waals surface area (Å²) in [7, 11) is 0. The van der Waals surface area contributed by atoms with Crippen molar-refractivity contribution in [2.45, 2.75) is 18.6 Å².